The van der Waals surface area contributed by atoms with Gasteiger partial charge in [0.05, 0.1) is 34.0 Å². The molecular formula is C45H44O7. The third kappa shape index (κ3) is 6.04. The molecule has 1 atom stereocenters. The fraction of sp³-hybridized carbons (Fsp3) is 0.267. The fourth-order valence-corrected chi connectivity index (χ4v) is 7.46. The number of carbonyl (C=O) groups is 1. The normalized spacial score (nSPS) is 16.4. The molecule has 0 fully saturated rings. The Morgan fingerprint density at radius 2 is 1.38 bits per heavy atom. The van der Waals surface area contributed by atoms with Gasteiger partial charge in [0.15, 0.2) is 5.60 Å². The summed E-state index contributed by atoms with van der Waals surface area (Å²) in [5, 5.41) is 2.13. The Balaban J connectivity index is 1.35. The SMILES string of the molecule is C=C(C)C(=O)OCCOCCOC1(C)c2cc(C)ccc2-c2c1c1c(c3cc(C)ccc23)OC(c2ccc(OC)cc2)(c2ccc(OC)cc2)C=C1. The van der Waals surface area contributed by atoms with Crippen LogP contribution in [0, 0.1) is 13.8 Å². The zero-order valence-electron chi connectivity index (χ0n) is 30.6. The lowest BCUT2D eigenvalue weighted by Gasteiger charge is -2.39. The highest BCUT2D eigenvalue weighted by atomic mass is 16.6. The molecular weight excluding hydrogens is 652 g/mol. The van der Waals surface area contributed by atoms with Gasteiger partial charge in [-0.2, -0.15) is 0 Å². The lowest BCUT2D eigenvalue weighted by atomic mass is 9.80. The van der Waals surface area contributed by atoms with Crippen LogP contribution >= 0.6 is 0 Å². The van der Waals surface area contributed by atoms with Crippen molar-refractivity contribution in [1.29, 1.82) is 0 Å². The molecule has 7 nitrogen and oxygen atoms in total. The summed E-state index contributed by atoms with van der Waals surface area (Å²) < 4.78 is 36.4. The number of benzene rings is 5. The summed E-state index contributed by atoms with van der Waals surface area (Å²) in [4.78, 5) is 11.8. The van der Waals surface area contributed by atoms with Crippen molar-refractivity contribution < 1.29 is 33.2 Å². The molecule has 0 saturated carbocycles. The minimum absolute atomic E-state index is 0.152. The Morgan fingerprint density at radius 3 is 2.02 bits per heavy atom. The highest BCUT2D eigenvalue weighted by Crippen LogP contribution is 2.58. The molecule has 0 amide bonds. The molecule has 7 heteroatoms. The number of hydrogen-bond donors (Lipinski definition) is 0. The molecule has 2 aliphatic rings. The van der Waals surface area contributed by atoms with Crippen molar-refractivity contribution in [3.8, 4) is 28.4 Å². The fourth-order valence-electron chi connectivity index (χ4n) is 7.46. The minimum Gasteiger partial charge on any atom is -0.497 e. The Bertz CT molecular complexity index is 2150. The van der Waals surface area contributed by atoms with Crippen molar-refractivity contribution in [3.05, 3.63) is 142 Å². The Morgan fingerprint density at radius 1 is 0.769 bits per heavy atom. The second-order valence-electron chi connectivity index (χ2n) is 13.6. The molecule has 52 heavy (non-hydrogen) atoms. The number of aryl methyl sites for hydroxylation is 2. The van der Waals surface area contributed by atoms with Gasteiger partial charge >= 0.3 is 5.97 Å². The summed E-state index contributed by atoms with van der Waals surface area (Å²) in [5.41, 5.74) is 8.24. The molecule has 0 spiro atoms. The van der Waals surface area contributed by atoms with Crippen LogP contribution in [0.3, 0.4) is 0 Å². The first-order valence-electron chi connectivity index (χ1n) is 17.5. The van der Waals surface area contributed by atoms with Gasteiger partial charge in [-0.3, -0.25) is 0 Å². The average Bonchev–Trinajstić information content (AvgIpc) is 3.41. The predicted molar refractivity (Wildman–Crippen MR) is 204 cm³/mol. The summed E-state index contributed by atoms with van der Waals surface area (Å²) in [7, 11) is 3.34. The standard InChI is InChI=1S/C45H44O7/c1-28(2)43(46)50-24-22-49-23-25-51-44(5)39-27-30(4)9-19-36(39)40-35-18-8-29(3)26-38(35)42-37(41(40)44)20-21-45(52-42,31-10-14-33(47-6)15-11-31)32-12-16-34(48-7)17-13-32/h8-21,26-27H,1,22-25H2,2-7H3. The number of esters is 1. The molecule has 5 aromatic rings. The quantitative estimate of drug-likeness (QED) is 0.0732. The van der Waals surface area contributed by atoms with Crippen molar-refractivity contribution >= 4 is 22.8 Å². The van der Waals surface area contributed by atoms with E-state index in [4.69, 9.17) is 28.4 Å². The van der Waals surface area contributed by atoms with Gasteiger partial charge in [-0.05, 0) is 86.2 Å². The molecule has 0 radical (unpaired) electrons. The van der Waals surface area contributed by atoms with Gasteiger partial charge in [0, 0.05) is 33.2 Å². The molecule has 266 valence electrons. The van der Waals surface area contributed by atoms with Gasteiger partial charge < -0.3 is 28.4 Å². The molecule has 1 unspecified atom stereocenters. The maximum absolute atomic E-state index is 11.8. The Kier molecular flexibility index (Phi) is 9.42. The number of rotatable bonds is 12. The van der Waals surface area contributed by atoms with Crippen molar-refractivity contribution in [2.45, 2.75) is 38.9 Å². The molecule has 0 bridgehead atoms. The monoisotopic (exact) mass is 696 g/mol. The largest absolute Gasteiger partial charge is 0.497 e. The molecule has 7 rings (SSSR count). The van der Waals surface area contributed by atoms with E-state index in [0.29, 0.717) is 18.8 Å². The van der Waals surface area contributed by atoms with E-state index in [1.807, 2.05) is 24.3 Å². The molecule has 1 aliphatic heterocycles. The van der Waals surface area contributed by atoms with E-state index in [1.165, 1.54) is 0 Å². The smallest absolute Gasteiger partial charge is 0.333 e. The van der Waals surface area contributed by atoms with Gasteiger partial charge in [-0.1, -0.05) is 78.4 Å². The van der Waals surface area contributed by atoms with Crippen LogP contribution in [0.2, 0.25) is 0 Å². The van der Waals surface area contributed by atoms with E-state index in [0.717, 1.165) is 78.1 Å². The van der Waals surface area contributed by atoms with Crippen LogP contribution in [-0.2, 0) is 30.2 Å². The maximum atomic E-state index is 11.8. The molecule has 0 N–H and O–H groups in total. The molecule has 5 aromatic carbocycles. The van der Waals surface area contributed by atoms with Crippen LogP contribution in [0.25, 0.3) is 28.0 Å². The number of methoxy groups -OCH3 is 2. The average molecular weight is 697 g/mol. The van der Waals surface area contributed by atoms with Gasteiger partial charge in [0.25, 0.3) is 0 Å². The molecule has 0 aromatic heterocycles. The number of carbonyl (C=O) groups excluding carboxylic acids is 1. The highest BCUT2D eigenvalue weighted by molar-refractivity contribution is 6.08. The number of ether oxygens (including phenoxy) is 6. The number of hydrogen-bond acceptors (Lipinski definition) is 7. The lowest BCUT2D eigenvalue weighted by molar-refractivity contribution is -0.140. The first-order valence-corrected chi connectivity index (χ1v) is 17.5. The van der Waals surface area contributed by atoms with Gasteiger partial charge in [0.2, 0.25) is 0 Å². The molecule has 1 aliphatic carbocycles. The van der Waals surface area contributed by atoms with Crippen LogP contribution < -0.4 is 14.2 Å². The van der Waals surface area contributed by atoms with Gasteiger partial charge in [-0.15, -0.1) is 0 Å². The van der Waals surface area contributed by atoms with Crippen molar-refractivity contribution in [2.24, 2.45) is 0 Å². The topological polar surface area (TPSA) is 72.5 Å². The summed E-state index contributed by atoms with van der Waals surface area (Å²) in [6.07, 6.45) is 4.37. The van der Waals surface area contributed by atoms with Crippen LogP contribution in [0.4, 0.5) is 0 Å². The van der Waals surface area contributed by atoms with Gasteiger partial charge in [0.1, 0.15) is 29.5 Å². The second kappa shape index (κ2) is 14.0. The summed E-state index contributed by atoms with van der Waals surface area (Å²) >= 11 is 0. The van der Waals surface area contributed by atoms with E-state index in [9.17, 15) is 4.79 Å². The summed E-state index contributed by atoms with van der Waals surface area (Å²) in [5.74, 6) is 1.91. The Hall–Kier alpha value is -5.37. The first kappa shape index (κ1) is 35.1. The van der Waals surface area contributed by atoms with E-state index in [2.05, 4.69) is 100 Å². The zero-order chi connectivity index (χ0) is 36.6. The van der Waals surface area contributed by atoms with Crippen molar-refractivity contribution in [3.63, 3.8) is 0 Å². The molecule has 0 saturated heterocycles. The summed E-state index contributed by atoms with van der Waals surface area (Å²) in [6, 6.07) is 29.3. The van der Waals surface area contributed by atoms with Crippen LogP contribution in [0.1, 0.15) is 52.8 Å². The van der Waals surface area contributed by atoms with Crippen molar-refractivity contribution in [1.82, 2.24) is 0 Å². The molecule has 1 heterocycles. The third-order valence-corrected chi connectivity index (χ3v) is 10.1. The Labute approximate surface area is 305 Å². The van der Waals surface area contributed by atoms with E-state index < -0.39 is 17.2 Å². The third-order valence-electron chi connectivity index (χ3n) is 10.1. The van der Waals surface area contributed by atoms with Crippen LogP contribution in [-0.4, -0.2) is 46.6 Å². The zero-order valence-corrected chi connectivity index (χ0v) is 30.6. The summed E-state index contributed by atoms with van der Waals surface area (Å²) in [6.45, 7) is 12.7. The highest BCUT2D eigenvalue weighted by Gasteiger charge is 2.47. The van der Waals surface area contributed by atoms with Gasteiger partial charge in [-0.25, -0.2) is 4.79 Å². The number of fused-ring (bicyclic) bond motifs is 8. The maximum Gasteiger partial charge on any atom is 0.333 e. The van der Waals surface area contributed by atoms with Crippen molar-refractivity contribution in [2.75, 3.05) is 40.6 Å². The second-order valence-corrected chi connectivity index (χ2v) is 13.6. The van der Waals surface area contributed by atoms with E-state index in [1.54, 1.807) is 21.1 Å². The van der Waals surface area contributed by atoms with Crippen LogP contribution in [0.5, 0.6) is 17.2 Å². The van der Waals surface area contributed by atoms with E-state index >= 15 is 0 Å². The predicted octanol–water partition coefficient (Wildman–Crippen LogP) is 9.22. The van der Waals surface area contributed by atoms with E-state index in [-0.39, 0.29) is 13.2 Å². The lowest BCUT2D eigenvalue weighted by Crippen LogP contribution is -2.35. The first-order chi connectivity index (χ1) is 25.1. The minimum atomic E-state index is -0.947. The van der Waals surface area contributed by atoms with Crippen LogP contribution in [0.15, 0.2) is 103 Å².